The van der Waals surface area contributed by atoms with Gasteiger partial charge in [0.2, 0.25) is 0 Å². The summed E-state index contributed by atoms with van der Waals surface area (Å²) in [6, 6.07) is 7.86. The molecule has 0 atom stereocenters. The second kappa shape index (κ2) is 4.71. The Morgan fingerprint density at radius 1 is 1.20 bits per heavy atom. The number of carbonyl (C=O) groups is 1. The summed E-state index contributed by atoms with van der Waals surface area (Å²) in [7, 11) is 0. The van der Waals surface area contributed by atoms with Gasteiger partial charge in [0, 0.05) is 23.5 Å². The van der Waals surface area contributed by atoms with Crippen molar-refractivity contribution in [1.82, 2.24) is 4.90 Å². The monoisotopic (exact) mass is 221 g/mol. The van der Waals surface area contributed by atoms with E-state index in [2.05, 4.69) is 0 Å². The first-order chi connectivity index (χ1) is 7.31. The van der Waals surface area contributed by atoms with Crippen molar-refractivity contribution in [3.63, 3.8) is 0 Å². The van der Waals surface area contributed by atoms with Crippen LogP contribution in [0.5, 0.6) is 0 Å². The van der Waals surface area contributed by atoms with Crippen LogP contribution in [0.1, 0.15) is 23.2 Å². The second-order valence-corrected chi connectivity index (χ2v) is 4.61. The van der Waals surface area contributed by atoms with Crippen LogP contribution in [0.4, 0.5) is 0 Å². The fourth-order valence-corrected chi connectivity index (χ4v) is 2.24. The van der Waals surface area contributed by atoms with Gasteiger partial charge in [-0.3, -0.25) is 4.79 Å². The number of amides is 1. The molecule has 0 aliphatic carbocycles. The maximum atomic E-state index is 12.0. The van der Waals surface area contributed by atoms with Crippen molar-refractivity contribution in [2.75, 3.05) is 19.3 Å². The van der Waals surface area contributed by atoms with Gasteiger partial charge in [0.1, 0.15) is 0 Å². The van der Waals surface area contributed by atoms with Crippen LogP contribution < -0.4 is 0 Å². The predicted molar refractivity (Wildman–Crippen MR) is 63.4 cm³/mol. The molecule has 0 spiro atoms. The van der Waals surface area contributed by atoms with Crippen LogP contribution in [0, 0.1) is 0 Å². The summed E-state index contributed by atoms with van der Waals surface area (Å²) >= 11 is 1.70. The van der Waals surface area contributed by atoms with Crippen LogP contribution in [0.25, 0.3) is 0 Å². The molecule has 1 aromatic carbocycles. The zero-order valence-corrected chi connectivity index (χ0v) is 9.72. The molecular weight excluding hydrogens is 206 g/mol. The number of likely N-dealkylation sites (tertiary alicyclic amines) is 1. The van der Waals surface area contributed by atoms with Crippen molar-refractivity contribution in [1.29, 1.82) is 0 Å². The summed E-state index contributed by atoms with van der Waals surface area (Å²) < 4.78 is 0. The minimum absolute atomic E-state index is 0.181. The van der Waals surface area contributed by atoms with E-state index in [9.17, 15) is 4.79 Å². The summed E-state index contributed by atoms with van der Waals surface area (Å²) in [6.07, 6.45) is 4.33. The zero-order valence-electron chi connectivity index (χ0n) is 8.90. The normalized spacial score (nSPS) is 15.7. The maximum Gasteiger partial charge on any atom is 0.253 e. The van der Waals surface area contributed by atoms with Crippen molar-refractivity contribution >= 4 is 17.7 Å². The van der Waals surface area contributed by atoms with Crippen molar-refractivity contribution < 1.29 is 4.79 Å². The molecule has 0 N–H and O–H groups in total. The molecule has 1 saturated heterocycles. The van der Waals surface area contributed by atoms with Gasteiger partial charge in [-0.2, -0.15) is 0 Å². The summed E-state index contributed by atoms with van der Waals surface area (Å²) in [5, 5.41) is 0. The van der Waals surface area contributed by atoms with Crippen LogP contribution in [0.3, 0.4) is 0 Å². The Kier molecular flexibility index (Phi) is 3.31. The lowest BCUT2D eigenvalue weighted by Gasteiger charge is -2.15. The highest BCUT2D eigenvalue weighted by atomic mass is 32.2. The minimum Gasteiger partial charge on any atom is -0.339 e. The van der Waals surface area contributed by atoms with Gasteiger partial charge in [-0.1, -0.05) is 0 Å². The van der Waals surface area contributed by atoms with E-state index in [0.717, 1.165) is 31.5 Å². The largest absolute Gasteiger partial charge is 0.339 e. The van der Waals surface area contributed by atoms with Crippen LogP contribution in [0.2, 0.25) is 0 Å². The minimum atomic E-state index is 0.181. The first-order valence-electron chi connectivity index (χ1n) is 5.24. The van der Waals surface area contributed by atoms with Crippen LogP contribution in [0.15, 0.2) is 29.2 Å². The molecule has 3 heteroatoms. The molecule has 1 amide bonds. The smallest absolute Gasteiger partial charge is 0.253 e. The summed E-state index contributed by atoms with van der Waals surface area (Å²) in [4.78, 5) is 15.1. The molecule has 1 fully saturated rings. The Morgan fingerprint density at radius 3 is 2.33 bits per heavy atom. The van der Waals surface area contributed by atoms with Gasteiger partial charge < -0.3 is 4.90 Å². The van der Waals surface area contributed by atoms with E-state index >= 15 is 0 Å². The Labute approximate surface area is 94.7 Å². The van der Waals surface area contributed by atoms with Crippen molar-refractivity contribution in [2.24, 2.45) is 0 Å². The number of thioether (sulfide) groups is 1. The zero-order chi connectivity index (χ0) is 10.7. The van der Waals surface area contributed by atoms with Gasteiger partial charge in [0.15, 0.2) is 0 Å². The predicted octanol–water partition coefficient (Wildman–Crippen LogP) is 2.64. The van der Waals surface area contributed by atoms with Crippen molar-refractivity contribution in [2.45, 2.75) is 17.7 Å². The third kappa shape index (κ3) is 2.34. The van der Waals surface area contributed by atoms with E-state index in [4.69, 9.17) is 0 Å². The second-order valence-electron chi connectivity index (χ2n) is 3.73. The van der Waals surface area contributed by atoms with E-state index < -0.39 is 0 Å². The van der Waals surface area contributed by atoms with Gasteiger partial charge in [-0.15, -0.1) is 11.8 Å². The third-order valence-electron chi connectivity index (χ3n) is 2.73. The highest BCUT2D eigenvalue weighted by Crippen LogP contribution is 2.17. The molecule has 0 radical (unpaired) electrons. The van der Waals surface area contributed by atoms with Crippen LogP contribution in [-0.4, -0.2) is 30.2 Å². The Hall–Kier alpha value is -0.960. The van der Waals surface area contributed by atoms with Crippen LogP contribution >= 0.6 is 11.8 Å². The molecule has 1 heterocycles. The average Bonchev–Trinajstić information content (AvgIpc) is 2.82. The van der Waals surface area contributed by atoms with E-state index in [-0.39, 0.29) is 5.91 Å². The Balaban J connectivity index is 2.11. The van der Waals surface area contributed by atoms with E-state index in [1.807, 2.05) is 35.4 Å². The lowest BCUT2D eigenvalue weighted by Crippen LogP contribution is -2.27. The maximum absolute atomic E-state index is 12.0. The molecule has 1 aliphatic rings. The molecule has 2 rings (SSSR count). The highest BCUT2D eigenvalue weighted by Gasteiger charge is 2.18. The molecular formula is C12H15NOS. The average molecular weight is 221 g/mol. The van der Waals surface area contributed by atoms with Gasteiger partial charge >= 0.3 is 0 Å². The lowest BCUT2D eigenvalue weighted by molar-refractivity contribution is 0.0793. The molecule has 15 heavy (non-hydrogen) atoms. The fourth-order valence-electron chi connectivity index (χ4n) is 1.84. The van der Waals surface area contributed by atoms with Crippen LogP contribution in [-0.2, 0) is 0 Å². The number of rotatable bonds is 2. The number of hydrogen-bond acceptors (Lipinski definition) is 2. The summed E-state index contributed by atoms with van der Waals surface area (Å²) in [6.45, 7) is 1.84. The van der Waals surface area contributed by atoms with Gasteiger partial charge in [-0.05, 0) is 43.4 Å². The number of nitrogens with zero attached hydrogens (tertiary/aromatic N) is 1. The molecule has 80 valence electrons. The molecule has 2 nitrogen and oxygen atoms in total. The first-order valence-corrected chi connectivity index (χ1v) is 6.47. The van der Waals surface area contributed by atoms with Gasteiger partial charge in [0.25, 0.3) is 5.91 Å². The SMILES string of the molecule is CSc1ccc(C(=O)N2CCCC2)cc1. The van der Waals surface area contributed by atoms with Crippen molar-refractivity contribution in [3.05, 3.63) is 29.8 Å². The molecule has 0 saturated carbocycles. The standard InChI is InChI=1S/C12H15NOS/c1-15-11-6-4-10(5-7-11)12(14)13-8-2-3-9-13/h4-7H,2-3,8-9H2,1H3. The fraction of sp³-hybridized carbons (Fsp3) is 0.417. The topological polar surface area (TPSA) is 20.3 Å². The first kappa shape index (κ1) is 10.6. The number of hydrogen-bond donors (Lipinski definition) is 0. The van der Waals surface area contributed by atoms with Gasteiger partial charge in [-0.25, -0.2) is 0 Å². The molecule has 0 unspecified atom stereocenters. The van der Waals surface area contributed by atoms with Gasteiger partial charge in [0.05, 0.1) is 0 Å². The third-order valence-corrected chi connectivity index (χ3v) is 3.47. The number of benzene rings is 1. The van der Waals surface area contributed by atoms with E-state index in [1.54, 1.807) is 11.8 Å². The molecule has 0 aromatic heterocycles. The molecule has 1 aromatic rings. The quantitative estimate of drug-likeness (QED) is 0.716. The van der Waals surface area contributed by atoms with Crippen molar-refractivity contribution in [3.8, 4) is 0 Å². The summed E-state index contributed by atoms with van der Waals surface area (Å²) in [5.41, 5.74) is 0.815. The Morgan fingerprint density at radius 2 is 1.80 bits per heavy atom. The number of carbonyl (C=O) groups excluding carboxylic acids is 1. The van der Waals surface area contributed by atoms with E-state index in [1.165, 1.54) is 4.90 Å². The lowest BCUT2D eigenvalue weighted by atomic mass is 10.2. The summed E-state index contributed by atoms with van der Waals surface area (Å²) in [5.74, 6) is 0.181. The van der Waals surface area contributed by atoms with E-state index in [0.29, 0.717) is 0 Å². The molecule has 0 bridgehead atoms. The highest BCUT2D eigenvalue weighted by molar-refractivity contribution is 7.98. The molecule has 1 aliphatic heterocycles. The Bertz CT molecular complexity index is 341.